The van der Waals surface area contributed by atoms with Gasteiger partial charge in [-0.15, -0.1) is 0 Å². The van der Waals surface area contributed by atoms with E-state index in [1.807, 2.05) is 0 Å². The summed E-state index contributed by atoms with van der Waals surface area (Å²) in [5, 5.41) is 8.81. The van der Waals surface area contributed by atoms with Gasteiger partial charge in [0.1, 0.15) is 5.69 Å². The molecule has 0 bridgehead atoms. The average molecular weight is 210 g/mol. The van der Waals surface area contributed by atoms with Crippen molar-refractivity contribution in [3.63, 3.8) is 0 Å². The van der Waals surface area contributed by atoms with Crippen molar-refractivity contribution in [3.8, 4) is 0 Å². The van der Waals surface area contributed by atoms with E-state index in [9.17, 15) is 9.59 Å². The minimum atomic E-state index is -0.975. The molecular weight excluding hydrogens is 196 g/mol. The molecule has 1 rings (SSSR count). The zero-order valence-corrected chi connectivity index (χ0v) is 8.80. The highest BCUT2D eigenvalue weighted by atomic mass is 16.4. The monoisotopic (exact) mass is 210 g/mol. The van der Waals surface area contributed by atoms with Crippen molar-refractivity contribution in [1.29, 1.82) is 0 Å². The summed E-state index contributed by atoms with van der Waals surface area (Å²) < 4.78 is 1.56. The Labute approximate surface area is 87.9 Å². The SMILES string of the molecule is CN(C)C(=O)CCn1cccc1C(=O)O. The molecule has 5 nitrogen and oxygen atoms in total. The molecule has 0 unspecified atom stereocenters. The van der Waals surface area contributed by atoms with E-state index in [-0.39, 0.29) is 11.6 Å². The molecule has 0 aliphatic carbocycles. The first kappa shape index (κ1) is 11.3. The quantitative estimate of drug-likeness (QED) is 0.794. The van der Waals surface area contributed by atoms with Crippen molar-refractivity contribution in [2.24, 2.45) is 0 Å². The number of amides is 1. The van der Waals surface area contributed by atoms with Gasteiger partial charge in [-0.25, -0.2) is 4.79 Å². The number of aromatic nitrogens is 1. The van der Waals surface area contributed by atoms with Gasteiger partial charge in [0.15, 0.2) is 0 Å². The van der Waals surface area contributed by atoms with Gasteiger partial charge in [-0.3, -0.25) is 4.79 Å². The van der Waals surface area contributed by atoms with E-state index in [0.29, 0.717) is 13.0 Å². The molecule has 5 heteroatoms. The maximum absolute atomic E-state index is 11.3. The van der Waals surface area contributed by atoms with E-state index in [1.54, 1.807) is 30.9 Å². The maximum atomic E-state index is 11.3. The third-order valence-electron chi connectivity index (χ3n) is 2.11. The van der Waals surface area contributed by atoms with Gasteiger partial charge in [0.2, 0.25) is 5.91 Å². The minimum absolute atomic E-state index is 0.0139. The lowest BCUT2D eigenvalue weighted by molar-refractivity contribution is -0.128. The van der Waals surface area contributed by atoms with Crippen LogP contribution in [0.4, 0.5) is 0 Å². The molecule has 0 atom stereocenters. The predicted octanol–water partition coefficient (Wildman–Crippen LogP) is 0.665. The van der Waals surface area contributed by atoms with Gasteiger partial charge >= 0.3 is 5.97 Å². The molecule has 0 radical (unpaired) electrons. The Bertz CT molecular complexity index is 368. The number of carbonyl (C=O) groups excluding carboxylic acids is 1. The summed E-state index contributed by atoms with van der Waals surface area (Å²) in [6, 6.07) is 3.17. The summed E-state index contributed by atoms with van der Waals surface area (Å²) in [4.78, 5) is 23.5. The van der Waals surface area contributed by atoms with Crippen molar-refractivity contribution >= 4 is 11.9 Å². The van der Waals surface area contributed by atoms with Crippen LogP contribution in [0.1, 0.15) is 16.9 Å². The van der Waals surface area contributed by atoms with Crippen LogP contribution in [0.3, 0.4) is 0 Å². The van der Waals surface area contributed by atoms with Gasteiger partial charge in [0, 0.05) is 33.3 Å². The predicted molar refractivity (Wildman–Crippen MR) is 54.7 cm³/mol. The molecule has 0 spiro atoms. The molecule has 0 aliphatic heterocycles. The van der Waals surface area contributed by atoms with Crippen molar-refractivity contribution in [1.82, 2.24) is 9.47 Å². The first-order valence-corrected chi connectivity index (χ1v) is 4.61. The molecule has 0 fully saturated rings. The fraction of sp³-hybridized carbons (Fsp3) is 0.400. The number of rotatable bonds is 4. The number of hydrogen-bond donors (Lipinski definition) is 1. The normalized spacial score (nSPS) is 10.0. The van der Waals surface area contributed by atoms with Gasteiger partial charge in [-0.2, -0.15) is 0 Å². The van der Waals surface area contributed by atoms with Crippen molar-refractivity contribution < 1.29 is 14.7 Å². The number of aromatic carboxylic acids is 1. The van der Waals surface area contributed by atoms with Crippen LogP contribution in [-0.2, 0) is 11.3 Å². The van der Waals surface area contributed by atoms with E-state index < -0.39 is 5.97 Å². The summed E-state index contributed by atoms with van der Waals surface area (Å²) in [7, 11) is 3.35. The Morgan fingerprint density at radius 2 is 2.13 bits per heavy atom. The second-order valence-corrected chi connectivity index (χ2v) is 3.43. The molecule has 1 amide bonds. The second kappa shape index (κ2) is 4.63. The van der Waals surface area contributed by atoms with E-state index in [1.165, 1.54) is 11.0 Å². The van der Waals surface area contributed by atoms with E-state index in [2.05, 4.69) is 0 Å². The lowest BCUT2D eigenvalue weighted by atomic mass is 10.3. The second-order valence-electron chi connectivity index (χ2n) is 3.43. The zero-order chi connectivity index (χ0) is 11.4. The van der Waals surface area contributed by atoms with Crippen LogP contribution < -0.4 is 0 Å². The maximum Gasteiger partial charge on any atom is 0.352 e. The molecule has 1 heterocycles. The summed E-state index contributed by atoms with van der Waals surface area (Å²) in [6.45, 7) is 0.394. The highest BCUT2D eigenvalue weighted by Gasteiger charge is 2.10. The van der Waals surface area contributed by atoms with Crippen LogP contribution >= 0.6 is 0 Å². The molecule has 1 aromatic rings. The fourth-order valence-corrected chi connectivity index (χ4v) is 1.24. The van der Waals surface area contributed by atoms with Crippen LogP contribution in [0.5, 0.6) is 0 Å². The number of nitrogens with zero attached hydrogens (tertiary/aromatic N) is 2. The molecule has 0 aromatic carbocycles. The van der Waals surface area contributed by atoms with Gasteiger partial charge in [0.25, 0.3) is 0 Å². The molecule has 0 aliphatic rings. The summed E-state index contributed by atoms with van der Waals surface area (Å²) in [5.74, 6) is -0.989. The van der Waals surface area contributed by atoms with Crippen LogP contribution in [0.2, 0.25) is 0 Å². The smallest absolute Gasteiger partial charge is 0.352 e. The first-order valence-electron chi connectivity index (χ1n) is 4.61. The number of carboxylic acids is 1. The Hall–Kier alpha value is -1.78. The third-order valence-corrected chi connectivity index (χ3v) is 2.11. The molecule has 82 valence electrons. The number of carbonyl (C=O) groups is 2. The molecule has 0 saturated carbocycles. The van der Waals surface area contributed by atoms with Gasteiger partial charge in [-0.05, 0) is 12.1 Å². The summed E-state index contributed by atoms with van der Waals surface area (Å²) >= 11 is 0. The van der Waals surface area contributed by atoms with E-state index >= 15 is 0 Å². The topological polar surface area (TPSA) is 62.5 Å². The van der Waals surface area contributed by atoms with E-state index in [4.69, 9.17) is 5.11 Å². The lowest BCUT2D eigenvalue weighted by Crippen LogP contribution is -2.23. The van der Waals surface area contributed by atoms with Crippen molar-refractivity contribution in [2.75, 3.05) is 14.1 Å². The van der Waals surface area contributed by atoms with E-state index in [0.717, 1.165) is 0 Å². The third kappa shape index (κ3) is 2.83. The Morgan fingerprint density at radius 3 is 2.67 bits per heavy atom. The minimum Gasteiger partial charge on any atom is -0.477 e. The largest absolute Gasteiger partial charge is 0.477 e. The Kier molecular flexibility index (Phi) is 3.49. The summed E-state index contributed by atoms with van der Waals surface area (Å²) in [5.41, 5.74) is 0.210. The highest BCUT2D eigenvalue weighted by Crippen LogP contribution is 2.04. The molecule has 0 saturated heterocycles. The molecule has 15 heavy (non-hydrogen) atoms. The van der Waals surface area contributed by atoms with Crippen molar-refractivity contribution in [2.45, 2.75) is 13.0 Å². The molecule has 1 N–H and O–H groups in total. The number of hydrogen-bond acceptors (Lipinski definition) is 2. The summed E-state index contributed by atoms with van der Waals surface area (Å²) in [6.07, 6.45) is 1.97. The first-order chi connectivity index (χ1) is 7.02. The lowest BCUT2D eigenvalue weighted by Gasteiger charge is -2.11. The van der Waals surface area contributed by atoms with Gasteiger partial charge < -0.3 is 14.6 Å². The molecular formula is C10H14N2O3. The molecule has 1 aromatic heterocycles. The van der Waals surface area contributed by atoms with Gasteiger partial charge in [-0.1, -0.05) is 0 Å². The van der Waals surface area contributed by atoms with Gasteiger partial charge in [0.05, 0.1) is 0 Å². The van der Waals surface area contributed by atoms with Crippen molar-refractivity contribution in [3.05, 3.63) is 24.0 Å². The number of aryl methyl sites for hydroxylation is 1. The Morgan fingerprint density at radius 1 is 1.47 bits per heavy atom. The van der Waals surface area contributed by atoms with Crippen LogP contribution in [-0.4, -0.2) is 40.5 Å². The number of carboxylic acid groups (broad SMARTS) is 1. The zero-order valence-electron chi connectivity index (χ0n) is 8.80. The Balaban J connectivity index is 2.62. The average Bonchev–Trinajstić information content (AvgIpc) is 2.61. The highest BCUT2D eigenvalue weighted by molar-refractivity contribution is 5.85. The fourth-order valence-electron chi connectivity index (χ4n) is 1.24. The van der Waals surface area contributed by atoms with Crippen LogP contribution in [0, 0.1) is 0 Å². The standard InChI is InChI=1S/C10H14N2O3/c1-11(2)9(13)5-7-12-6-3-4-8(12)10(14)15/h3-4,6H,5,7H2,1-2H3,(H,14,15). The van der Waals surface area contributed by atoms with Crippen LogP contribution in [0.25, 0.3) is 0 Å². The van der Waals surface area contributed by atoms with Crippen LogP contribution in [0.15, 0.2) is 18.3 Å².